The zero-order chi connectivity index (χ0) is 17.0. The second-order valence-electron chi connectivity index (χ2n) is 6.85. The van der Waals surface area contributed by atoms with Gasteiger partial charge in [-0.1, -0.05) is 0 Å². The molecule has 0 unspecified atom stereocenters. The number of rotatable bonds is 2. The van der Waals surface area contributed by atoms with Crippen LogP contribution in [0.2, 0.25) is 0 Å². The second kappa shape index (κ2) is 6.89. The van der Waals surface area contributed by atoms with Crippen molar-refractivity contribution in [3.8, 4) is 0 Å². The van der Waals surface area contributed by atoms with Gasteiger partial charge in [0.25, 0.3) is 0 Å². The third kappa shape index (κ3) is 5.16. The molecule has 1 fully saturated rings. The number of carbonyl (C=O) groups excluding carboxylic acids is 2. The molecule has 23 heavy (non-hydrogen) atoms. The van der Waals surface area contributed by atoms with Gasteiger partial charge in [0.05, 0.1) is 0 Å². The molecular formula is C17H25N3O3. The highest BCUT2D eigenvalue weighted by Crippen LogP contribution is 2.21. The largest absolute Gasteiger partial charge is 0.444 e. The molecule has 1 aliphatic rings. The summed E-state index contributed by atoms with van der Waals surface area (Å²) in [4.78, 5) is 26.0. The summed E-state index contributed by atoms with van der Waals surface area (Å²) in [6, 6.07) is 7.06. The van der Waals surface area contributed by atoms with E-state index in [4.69, 9.17) is 10.5 Å². The monoisotopic (exact) mass is 319 g/mol. The van der Waals surface area contributed by atoms with Gasteiger partial charge in [0.2, 0.25) is 5.91 Å². The predicted octanol–water partition coefficient (Wildman–Crippen LogP) is 2.85. The Kier molecular flexibility index (Phi) is 5.13. The highest BCUT2D eigenvalue weighted by Gasteiger charge is 2.29. The minimum absolute atomic E-state index is 0.0152. The van der Waals surface area contributed by atoms with E-state index >= 15 is 0 Å². The van der Waals surface area contributed by atoms with Crippen molar-refractivity contribution in [1.82, 2.24) is 4.90 Å². The molecule has 1 aliphatic heterocycles. The van der Waals surface area contributed by atoms with E-state index in [1.54, 1.807) is 29.2 Å². The third-order valence-corrected chi connectivity index (χ3v) is 3.70. The molecule has 3 N–H and O–H groups in total. The molecule has 0 bridgehead atoms. The number of likely N-dealkylation sites (tertiary alicyclic amines) is 1. The number of benzene rings is 1. The number of amides is 2. The average Bonchev–Trinajstić information content (AvgIpc) is 2.48. The minimum Gasteiger partial charge on any atom is -0.444 e. The van der Waals surface area contributed by atoms with Crippen LogP contribution in [0.3, 0.4) is 0 Å². The van der Waals surface area contributed by atoms with Crippen molar-refractivity contribution < 1.29 is 14.3 Å². The Bertz CT molecular complexity index is 555. The van der Waals surface area contributed by atoms with Crippen LogP contribution in [0.25, 0.3) is 0 Å². The van der Waals surface area contributed by atoms with E-state index in [1.807, 2.05) is 20.8 Å². The molecule has 1 aromatic carbocycles. The number of nitrogens with two attached hydrogens (primary N) is 1. The quantitative estimate of drug-likeness (QED) is 0.821. The number of anilines is 2. The summed E-state index contributed by atoms with van der Waals surface area (Å²) in [5, 5.41) is 2.89. The van der Waals surface area contributed by atoms with Gasteiger partial charge >= 0.3 is 6.09 Å². The highest BCUT2D eigenvalue weighted by molar-refractivity contribution is 5.92. The Balaban J connectivity index is 1.83. The van der Waals surface area contributed by atoms with Gasteiger partial charge in [-0.05, 0) is 57.9 Å². The normalized spacial score (nSPS) is 16.0. The van der Waals surface area contributed by atoms with Crippen molar-refractivity contribution in [3.05, 3.63) is 24.3 Å². The van der Waals surface area contributed by atoms with E-state index in [-0.39, 0.29) is 17.9 Å². The summed E-state index contributed by atoms with van der Waals surface area (Å²) in [6.07, 6.45) is 0.968. The van der Waals surface area contributed by atoms with E-state index in [2.05, 4.69) is 5.32 Å². The SMILES string of the molecule is CC(C)(C)OC(=O)N1CCC(C(=O)Nc2ccc(N)cc2)CC1. The van der Waals surface area contributed by atoms with Gasteiger partial charge in [-0.15, -0.1) is 0 Å². The van der Waals surface area contributed by atoms with E-state index < -0.39 is 5.60 Å². The first-order valence-corrected chi connectivity index (χ1v) is 7.89. The second-order valence-corrected chi connectivity index (χ2v) is 6.85. The number of carbonyl (C=O) groups is 2. The molecular weight excluding hydrogens is 294 g/mol. The van der Waals surface area contributed by atoms with Crippen LogP contribution in [0.15, 0.2) is 24.3 Å². The van der Waals surface area contributed by atoms with E-state index in [0.717, 1.165) is 5.69 Å². The molecule has 1 aromatic rings. The smallest absolute Gasteiger partial charge is 0.410 e. The van der Waals surface area contributed by atoms with Gasteiger partial charge in [0.1, 0.15) is 5.60 Å². The highest BCUT2D eigenvalue weighted by atomic mass is 16.6. The molecule has 0 atom stereocenters. The first-order chi connectivity index (χ1) is 10.7. The lowest BCUT2D eigenvalue weighted by atomic mass is 9.96. The van der Waals surface area contributed by atoms with Crippen LogP contribution >= 0.6 is 0 Å². The maximum absolute atomic E-state index is 12.3. The zero-order valence-corrected chi connectivity index (χ0v) is 14.0. The van der Waals surface area contributed by atoms with Crippen molar-refractivity contribution in [2.75, 3.05) is 24.1 Å². The lowest BCUT2D eigenvalue weighted by Gasteiger charge is -2.32. The molecule has 1 heterocycles. The summed E-state index contributed by atoms with van der Waals surface area (Å²) < 4.78 is 5.35. The van der Waals surface area contributed by atoms with Crippen LogP contribution in [0.1, 0.15) is 33.6 Å². The van der Waals surface area contributed by atoms with Gasteiger partial charge in [0, 0.05) is 30.4 Å². The van der Waals surface area contributed by atoms with Crippen molar-refractivity contribution in [3.63, 3.8) is 0 Å². The standard InChI is InChI=1S/C17H25N3O3/c1-17(2,3)23-16(22)20-10-8-12(9-11-20)15(21)19-14-6-4-13(18)5-7-14/h4-7,12H,8-11,18H2,1-3H3,(H,19,21). The Labute approximate surface area is 137 Å². The molecule has 2 rings (SSSR count). The topological polar surface area (TPSA) is 84.7 Å². The third-order valence-electron chi connectivity index (χ3n) is 3.70. The fourth-order valence-corrected chi connectivity index (χ4v) is 2.46. The van der Waals surface area contributed by atoms with Crippen molar-refractivity contribution >= 4 is 23.4 Å². The lowest BCUT2D eigenvalue weighted by molar-refractivity contribution is -0.121. The fraction of sp³-hybridized carbons (Fsp3) is 0.529. The van der Waals surface area contributed by atoms with Crippen molar-refractivity contribution in [1.29, 1.82) is 0 Å². The van der Waals surface area contributed by atoms with Gasteiger partial charge in [-0.25, -0.2) is 4.79 Å². The lowest BCUT2D eigenvalue weighted by Crippen LogP contribution is -2.43. The number of hydrogen-bond acceptors (Lipinski definition) is 4. The van der Waals surface area contributed by atoms with Crippen LogP contribution in [0.5, 0.6) is 0 Å². The fourth-order valence-electron chi connectivity index (χ4n) is 2.46. The summed E-state index contributed by atoms with van der Waals surface area (Å²) in [5.41, 5.74) is 6.52. The Morgan fingerprint density at radius 1 is 1.17 bits per heavy atom. The Morgan fingerprint density at radius 2 is 1.74 bits per heavy atom. The molecule has 126 valence electrons. The number of ether oxygens (including phenoxy) is 1. The van der Waals surface area contributed by atoms with Crippen molar-refractivity contribution in [2.24, 2.45) is 5.92 Å². The summed E-state index contributed by atoms with van der Waals surface area (Å²) in [7, 11) is 0. The molecule has 0 spiro atoms. The van der Waals surface area contributed by atoms with Crippen LogP contribution in [0, 0.1) is 5.92 Å². The first-order valence-electron chi connectivity index (χ1n) is 7.89. The number of hydrogen-bond donors (Lipinski definition) is 2. The molecule has 2 amide bonds. The molecule has 0 saturated carbocycles. The zero-order valence-electron chi connectivity index (χ0n) is 14.0. The molecule has 0 aliphatic carbocycles. The molecule has 1 saturated heterocycles. The number of nitrogen functional groups attached to an aromatic ring is 1. The summed E-state index contributed by atoms with van der Waals surface area (Å²) in [5.74, 6) is -0.107. The van der Waals surface area contributed by atoms with E-state index in [0.29, 0.717) is 31.6 Å². The Morgan fingerprint density at radius 3 is 2.26 bits per heavy atom. The summed E-state index contributed by atoms with van der Waals surface area (Å²) in [6.45, 7) is 6.61. The van der Waals surface area contributed by atoms with Crippen LogP contribution in [-0.2, 0) is 9.53 Å². The van der Waals surface area contributed by atoms with E-state index in [9.17, 15) is 9.59 Å². The maximum atomic E-state index is 12.3. The van der Waals surface area contributed by atoms with Gasteiger partial charge in [-0.2, -0.15) is 0 Å². The maximum Gasteiger partial charge on any atom is 0.410 e. The van der Waals surface area contributed by atoms with Gasteiger partial charge < -0.3 is 20.7 Å². The van der Waals surface area contributed by atoms with Crippen molar-refractivity contribution in [2.45, 2.75) is 39.2 Å². The molecule has 6 heteroatoms. The summed E-state index contributed by atoms with van der Waals surface area (Å²) >= 11 is 0. The number of piperidine rings is 1. The molecule has 6 nitrogen and oxygen atoms in total. The van der Waals surface area contributed by atoms with E-state index in [1.165, 1.54) is 0 Å². The van der Waals surface area contributed by atoms with Crippen LogP contribution in [0.4, 0.5) is 16.2 Å². The average molecular weight is 319 g/mol. The number of nitrogens with one attached hydrogen (secondary N) is 1. The molecule has 0 radical (unpaired) electrons. The predicted molar refractivity (Wildman–Crippen MR) is 90.0 cm³/mol. The van der Waals surface area contributed by atoms with Gasteiger partial charge in [-0.3, -0.25) is 4.79 Å². The Hall–Kier alpha value is -2.24. The number of nitrogens with zero attached hydrogens (tertiary/aromatic N) is 1. The van der Waals surface area contributed by atoms with Crippen LogP contribution < -0.4 is 11.1 Å². The molecule has 0 aromatic heterocycles. The first kappa shape index (κ1) is 17.1. The van der Waals surface area contributed by atoms with Gasteiger partial charge in [0.15, 0.2) is 0 Å². The minimum atomic E-state index is -0.500. The van der Waals surface area contributed by atoms with Crippen LogP contribution in [-0.4, -0.2) is 35.6 Å².